The molecule has 0 heteroatoms. The first-order chi connectivity index (χ1) is 10.9. The van der Waals surface area contributed by atoms with Crippen LogP contribution in [0.25, 0.3) is 0 Å². The monoisotopic (exact) mass is 302 g/mol. The summed E-state index contributed by atoms with van der Waals surface area (Å²) in [7, 11) is 0. The maximum atomic E-state index is 2.39. The number of hydrogen-bond donors (Lipinski definition) is 0. The molecule has 118 valence electrons. The van der Waals surface area contributed by atoms with Crippen LogP contribution in [-0.4, -0.2) is 0 Å². The molecule has 0 nitrogen and oxygen atoms in total. The molecule has 3 rings (SSSR count). The van der Waals surface area contributed by atoms with Crippen molar-refractivity contribution in [2.24, 2.45) is 11.3 Å². The zero-order valence-electron chi connectivity index (χ0n) is 14.6. The standard InChI is InChI=1S/C23H26/c1-22(2,3)20-16-11-17-21(20)23(4,18-12-7-5-8-13-18)19-14-9-6-10-15-19/h5-17,21H,1-4H3. The Balaban J connectivity index is 2.18. The second-order valence-electron chi connectivity index (χ2n) is 7.67. The van der Waals surface area contributed by atoms with Crippen LogP contribution in [0.15, 0.2) is 84.5 Å². The summed E-state index contributed by atoms with van der Waals surface area (Å²) < 4.78 is 0. The van der Waals surface area contributed by atoms with Crippen molar-refractivity contribution in [2.45, 2.75) is 33.1 Å². The Morgan fingerprint density at radius 3 is 1.61 bits per heavy atom. The van der Waals surface area contributed by atoms with Crippen LogP contribution < -0.4 is 0 Å². The summed E-state index contributed by atoms with van der Waals surface area (Å²) in [6.45, 7) is 9.33. The molecule has 0 spiro atoms. The van der Waals surface area contributed by atoms with Gasteiger partial charge in [0.25, 0.3) is 0 Å². The van der Waals surface area contributed by atoms with Crippen LogP contribution in [0, 0.1) is 11.3 Å². The fourth-order valence-corrected chi connectivity index (χ4v) is 3.79. The number of benzene rings is 2. The first kappa shape index (κ1) is 15.8. The lowest BCUT2D eigenvalue weighted by atomic mass is 9.62. The van der Waals surface area contributed by atoms with E-state index in [2.05, 4.69) is 107 Å². The minimum atomic E-state index is -0.0609. The van der Waals surface area contributed by atoms with Gasteiger partial charge in [-0.3, -0.25) is 0 Å². The van der Waals surface area contributed by atoms with Gasteiger partial charge in [-0.1, -0.05) is 112 Å². The summed E-state index contributed by atoms with van der Waals surface area (Å²) in [6, 6.07) is 21.8. The van der Waals surface area contributed by atoms with Crippen molar-refractivity contribution in [1.82, 2.24) is 0 Å². The molecular formula is C23H26. The van der Waals surface area contributed by atoms with Crippen LogP contribution in [0.1, 0.15) is 38.8 Å². The van der Waals surface area contributed by atoms with Gasteiger partial charge in [-0.05, 0) is 16.5 Å². The Labute approximate surface area is 140 Å². The van der Waals surface area contributed by atoms with Crippen LogP contribution in [0.2, 0.25) is 0 Å². The Bertz CT molecular complexity index is 672. The number of hydrogen-bond acceptors (Lipinski definition) is 0. The molecule has 0 saturated carbocycles. The van der Waals surface area contributed by atoms with E-state index in [1.54, 1.807) is 0 Å². The van der Waals surface area contributed by atoms with Gasteiger partial charge in [-0.25, -0.2) is 0 Å². The second-order valence-corrected chi connectivity index (χ2v) is 7.67. The quantitative estimate of drug-likeness (QED) is 0.637. The fourth-order valence-electron chi connectivity index (χ4n) is 3.79. The Morgan fingerprint density at radius 1 is 0.696 bits per heavy atom. The minimum absolute atomic E-state index is 0.0609. The van der Waals surface area contributed by atoms with Crippen LogP contribution in [0.4, 0.5) is 0 Å². The van der Waals surface area contributed by atoms with Crippen molar-refractivity contribution in [3.05, 3.63) is 95.6 Å². The molecule has 0 bridgehead atoms. The molecule has 1 atom stereocenters. The fraction of sp³-hybridized carbons (Fsp3) is 0.304. The van der Waals surface area contributed by atoms with Crippen molar-refractivity contribution in [3.63, 3.8) is 0 Å². The molecule has 1 aliphatic carbocycles. The van der Waals surface area contributed by atoms with Crippen LogP contribution >= 0.6 is 0 Å². The highest BCUT2D eigenvalue weighted by Gasteiger charge is 2.42. The van der Waals surface area contributed by atoms with E-state index in [0.29, 0.717) is 5.92 Å². The molecule has 0 N–H and O–H groups in total. The van der Waals surface area contributed by atoms with Crippen molar-refractivity contribution < 1.29 is 0 Å². The molecule has 2 aromatic carbocycles. The van der Waals surface area contributed by atoms with Gasteiger partial charge in [0, 0.05) is 11.3 Å². The molecule has 0 fully saturated rings. The highest BCUT2D eigenvalue weighted by molar-refractivity contribution is 5.47. The molecule has 0 aromatic heterocycles. The largest absolute Gasteiger partial charge is 0.0761 e. The normalized spacial score (nSPS) is 18.1. The minimum Gasteiger partial charge on any atom is -0.0761 e. The van der Waals surface area contributed by atoms with E-state index in [1.807, 2.05) is 0 Å². The summed E-state index contributed by atoms with van der Waals surface area (Å²) in [5.41, 5.74) is 4.36. The van der Waals surface area contributed by atoms with Gasteiger partial charge in [-0.15, -0.1) is 0 Å². The van der Waals surface area contributed by atoms with E-state index >= 15 is 0 Å². The third-order valence-corrected chi connectivity index (χ3v) is 5.15. The van der Waals surface area contributed by atoms with Crippen molar-refractivity contribution in [3.8, 4) is 0 Å². The van der Waals surface area contributed by atoms with Crippen molar-refractivity contribution in [2.75, 3.05) is 0 Å². The Kier molecular flexibility index (Phi) is 4.02. The molecule has 0 radical (unpaired) electrons. The van der Waals surface area contributed by atoms with E-state index in [1.165, 1.54) is 16.7 Å². The molecule has 0 amide bonds. The lowest BCUT2D eigenvalue weighted by Gasteiger charge is -2.41. The number of allylic oxidation sites excluding steroid dienone is 4. The molecule has 1 unspecified atom stereocenters. The zero-order chi connectivity index (χ0) is 16.5. The van der Waals surface area contributed by atoms with Gasteiger partial charge in [0.2, 0.25) is 0 Å². The molecule has 0 heterocycles. The summed E-state index contributed by atoms with van der Waals surface area (Å²) in [5, 5.41) is 0. The summed E-state index contributed by atoms with van der Waals surface area (Å²) >= 11 is 0. The van der Waals surface area contributed by atoms with E-state index in [0.717, 1.165) is 0 Å². The molecule has 23 heavy (non-hydrogen) atoms. The van der Waals surface area contributed by atoms with E-state index in [9.17, 15) is 0 Å². The van der Waals surface area contributed by atoms with Gasteiger partial charge in [-0.2, -0.15) is 0 Å². The van der Waals surface area contributed by atoms with Gasteiger partial charge in [0.05, 0.1) is 0 Å². The summed E-state index contributed by atoms with van der Waals surface area (Å²) in [4.78, 5) is 0. The van der Waals surface area contributed by atoms with Gasteiger partial charge in [0.1, 0.15) is 0 Å². The maximum Gasteiger partial charge on any atom is 0.0274 e. The highest BCUT2D eigenvalue weighted by atomic mass is 14.4. The summed E-state index contributed by atoms with van der Waals surface area (Å²) in [5.74, 6) is 0.382. The molecule has 1 aliphatic rings. The third-order valence-electron chi connectivity index (χ3n) is 5.15. The Hall–Kier alpha value is -2.08. The molecular weight excluding hydrogens is 276 g/mol. The SMILES string of the molecule is CC(C)(C)C1=CC=CC1C(C)(c1ccccc1)c1ccccc1. The average molecular weight is 302 g/mol. The average Bonchev–Trinajstić information content (AvgIpc) is 3.06. The number of rotatable bonds is 3. The maximum absolute atomic E-state index is 2.39. The molecule has 0 aliphatic heterocycles. The topological polar surface area (TPSA) is 0 Å². The molecule has 2 aromatic rings. The van der Waals surface area contributed by atoms with Crippen LogP contribution in [0.5, 0.6) is 0 Å². The van der Waals surface area contributed by atoms with Gasteiger partial charge in [0.15, 0.2) is 0 Å². The first-order valence-corrected chi connectivity index (χ1v) is 8.44. The van der Waals surface area contributed by atoms with Crippen LogP contribution in [-0.2, 0) is 5.41 Å². The lowest BCUT2D eigenvalue weighted by Crippen LogP contribution is -2.35. The third kappa shape index (κ3) is 2.79. The van der Waals surface area contributed by atoms with E-state index < -0.39 is 0 Å². The Morgan fingerprint density at radius 2 is 1.17 bits per heavy atom. The first-order valence-electron chi connectivity index (χ1n) is 8.44. The predicted molar refractivity (Wildman–Crippen MR) is 99.5 cm³/mol. The van der Waals surface area contributed by atoms with Crippen LogP contribution in [0.3, 0.4) is 0 Å². The highest BCUT2D eigenvalue weighted by Crippen LogP contribution is 2.49. The van der Waals surface area contributed by atoms with E-state index in [-0.39, 0.29) is 10.8 Å². The van der Waals surface area contributed by atoms with Gasteiger partial charge >= 0.3 is 0 Å². The second kappa shape index (κ2) is 5.85. The lowest BCUT2D eigenvalue weighted by molar-refractivity contribution is 0.379. The van der Waals surface area contributed by atoms with Gasteiger partial charge < -0.3 is 0 Å². The predicted octanol–water partition coefficient (Wildman–Crippen LogP) is 6.15. The zero-order valence-corrected chi connectivity index (χ0v) is 14.6. The van der Waals surface area contributed by atoms with Crippen molar-refractivity contribution in [1.29, 1.82) is 0 Å². The molecule has 0 saturated heterocycles. The summed E-state index contributed by atoms with van der Waals surface area (Å²) in [6.07, 6.45) is 6.92. The smallest absolute Gasteiger partial charge is 0.0274 e. The van der Waals surface area contributed by atoms with E-state index in [4.69, 9.17) is 0 Å². The van der Waals surface area contributed by atoms with Crippen molar-refractivity contribution >= 4 is 0 Å².